The predicted molar refractivity (Wildman–Crippen MR) is 81.4 cm³/mol. The number of carbonyl (C=O) groups is 3. The largest absolute Gasteiger partial charge is 0.469 e. The highest BCUT2D eigenvalue weighted by Gasteiger charge is 2.27. The molecule has 1 N–H and O–H groups in total. The molecule has 23 heavy (non-hydrogen) atoms. The first-order valence-electron chi connectivity index (χ1n) is 7.06. The van der Waals surface area contributed by atoms with Crippen molar-refractivity contribution in [3.05, 3.63) is 35.9 Å². The van der Waals surface area contributed by atoms with Gasteiger partial charge in [-0.1, -0.05) is 30.3 Å². The van der Waals surface area contributed by atoms with E-state index in [0.717, 1.165) is 0 Å². The molecule has 0 radical (unpaired) electrons. The smallest absolute Gasteiger partial charge is 0.328 e. The van der Waals surface area contributed by atoms with Crippen LogP contribution in [-0.4, -0.2) is 45.2 Å². The molecule has 0 saturated heterocycles. The summed E-state index contributed by atoms with van der Waals surface area (Å²) in [5.74, 6) is -1.59. The van der Waals surface area contributed by atoms with E-state index in [0.29, 0.717) is 5.56 Å². The number of carbonyl (C=O) groups excluding carboxylic acids is 3. The Morgan fingerprint density at radius 2 is 1.70 bits per heavy atom. The zero-order chi connectivity index (χ0) is 17.2. The van der Waals surface area contributed by atoms with E-state index in [1.165, 1.54) is 21.3 Å². The Morgan fingerprint density at radius 1 is 1.04 bits per heavy atom. The SMILES string of the molecule is COC(=O)CC[C@H](NC(=O)C(OC)c1ccccc1)C(=O)OC. The minimum Gasteiger partial charge on any atom is -0.469 e. The van der Waals surface area contributed by atoms with Crippen LogP contribution in [0.15, 0.2) is 30.3 Å². The number of amides is 1. The standard InChI is InChI=1S/C16H21NO6/c1-21-13(18)10-9-12(16(20)23-3)17-15(19)14(22-2)11-7-5-4-6-8-11/h4-8,12,14H,9-10H2,1-3H3,(H,17,19)/t12-,14?/m0/s1. The van der Waals surface area contributed by atoms with Crippen LogP contribution in [0.3, 0.4) is 0 Å². The highest BCUT2D eigenvalue weighted by Crippen LogP contribution is 2.17. The molecular weight excluding hydrogens is 302 g/mol. The lowest BCUT2D eigenvalue weighted by Crippen LogP contribution is -2.44. The van der Waals surface area contributed by atoms with Crippen molar-refractivity contribution in [2.45, 2.75) is 25.0 Å². The first kappa shape index (κ1) is 18.6. The van der Waals surface area contributed by atoms with Gasteiger partial charge in [-0.05, 0) is 12.0 Å². The Morgan fingerprint density at radius 3 is 2.22 bits per heavy atom. The molecule has 7 heteroatoms. The predicted octanol–water partition coefficient (Wildman–Crippen LogP) is 0.985. The van der Waals surface area contributed by atoms with Gasteiger partial charge in [0.05, 0.1) is 14.2 Å². The van der Waals surface area contributed by atoms with Crippen LogP contribution >= 0.6 is 0 Å². The number of ether oxygens (including phenoxy) is 3. The van der Waals surface area contributed by atoms with Crippen LogP contribution in [0.25, 0.3) is 0 Å². The minimum absolute atomic E-state index is 0.0144. The number of benzene rings is 1. The fourth-order valence-corrected chi connectivity index (χ4v) is 2.03. The molecule has 126 valence electrons. The van der Waals surface area contributed by atoms with Gasteiger partial charge < -0.3 is 19.5 Å². The summed E-state index contributed by atoms with van der Waals surface area (Å²) < 4.78 is 14.4. The summed E-state index contributed by atoms with van der Waals surface area (Å²) in [4.78, 5) is 35.3. The van der Waals surface area contributed by atoms with Crippen LogP contribution < -0.4 is 5.32 Å². The summed E-state index contributed by atoms with van der Waals surface area (Å²) in [7, 11) is 3.87. The molecule has 0 saturated carbocycles. The summed E-state index contributed by atoms with van der Waals surface area (Å²) in [6, 6.07) is 7.92. The van der Waals surface area contributed by atoms with E-state index in [4.69, 9.17) is 4.74 Å². The van der Waals surface area contributed by atoms with Gasteiger partial charge in [-0.25, -0.2) is 4.79 Å². The third-order valence-corrected chi connectivity index (χ3v) is 3.24. The summed E-state index contributed by atoms with van der Waals surface area (Å²) in [5.41, 5.74) is 0.657. The molecule has 0 aliphatic heterocycles. The summed E-state index contributed by atoms with van der Waals surface area (Å²) in [6.45, 7) is 0. The molecule has 0 heterocycles. The third-order valence-electron chi connectivity index (χ3n) is 3.24. The van der Waals surface area contributed by atoms with Gasteiger partial charge in [0, 0.05) is 13.5 Å². The lowest BCUT2D eigenvalue weighted by molar-refractivity contribution is -0.148. The minimum atomic E-state index is -0.951. The van der Waals surface area contributed by atoms with E-state index in [1.807, 2.05) is 6.07 Å². The monoisotopic (exact) mass is 323 g/mol. The van der Waals surface area contributed by atoms with Crippen molar-refractivity contribution < 1.29 is 28.6 Å². The average Bonchev–Trinajstić information content (AvgIpc) is 2.59. The van der Waals surface area contributed by atoms with E-state index >= 15 is 0 Å². The van der Waals surface area contributed by atoms with E-state index in [1.54, 1.807) is 24.3 Å². The van der Waals surface area contributed by atoms with Crippen LogP contribution in [0.1, 0.15) is 24.5 Å². The molecule has 1 aromatic carbocycles. The second kappa shape index (κ2) is 9.58. The second-order valence-electron chi connectivity index (χ2n) is 4.73. The van der Waals surface area contributed by atoms with Crippen molar-refractivity contribution in [2.75, 3.05) is 21.3 Å². The van der Waals surface area contributed by atoms with Gasteiger partial charge in [0.15, 0.2) is 6.10 Å². The Hall–Kier alpha value is -2.41. The van der Waals surface area contributed by atoms with Crippen molar-refractivity contribution in [1.82, 2.24) is 5.32 Å². The van der Waals surface area contributed by atoms with Crippen LogP contribution in [-0.2, 0) is 28.6 Å². The fourth-order valence-electron chi connectivity index (χ4n) is 2.03. The first-order chi connectivity index (χ1) is 11.0. The number of hydrogen-bond acceptors (Lipinski definition) is 6. The lowest BCUT2D eigenvalue weighted by atomic mass is 10.1. The first-order valence-corrected chi connectivity index (χ1v) is 7.06. The Labute approximate surface area is 134 Å². The van der Waals surface area contributed by atoms with Crippen molar-refractivity contribution in [2.24, 2.45) is 0 Å². The molecule has 0 aromatic heterocycles. The highest BCUT2D eigenvalue weighted by atomic mass is 16.5. The summed E-state index contributed by atoms with van der Waals surface area (Å²) >= 11 is 0. The fraction of sp³-hybridized carbons (Fsp3) is 0.438. The molecule has 0 aliphatic rings. The van der Waals surface area contributed by atoms with Crippen LogP contribution in [0.4, 0.5) is 0 Å². The Bertz CT molecular complexity index is 531. The second-order valence-corrected chi connectivity index (χ2v) is 4.73. The third kappa shape index (κ3) is 5.71. The van der Waals surface area contributed by atoms with Gasteiger partial charge in [-0.15, -0.1) is 0 Å². The zero-order valence-corrected chi connectivity index (χ0v) is 13.4. The molecule has 1 amide bonds. The van der Waals surface area contributed by atoms with Crippen molar-refractivity contribution in [3.63, 3.8) is 0 Å². The normalized spacial score (nSPS) is 12.8. The van der Waals surface area contributed by atoms with Crippen molar-refractivity contribution in [1.29, 1.82) is 0 Å². The molecule has 0 fully saturated rings. The molecule has 7 nitrogen and oxygen atoms in total. The molecule has 0 aliphatic carbocycles. The topological polar surface area (TPSA) is 90.9 Å². The molecular formula is C16H21NO6. The zero-order valence-electron chi connectivity index (χ0n) is 13.4. The Kier molecular flexibility index (Phi) is 7.76. The maximum absolute atomic E-state index is 12.4. The van der Waals surface area contributed by atoms with Gasteiger partial charge in [-0.2, -0.15) is 0 Å². The molecule has 0 spiro atoms. The average molecular weight is 323 g/mol. The quantitative estimate of drug-likeness (QED) is 0.717. The van der Waals surface area contributed by atoms with Gasteiger partial charge in [0.25, 0.3) is 5.91 Å². The maximum Gasteiger partial charge on any atom is 0.328 e. The van der Waals surface area contributed by atoms with Crippen molar-refractivity contribution >= 4 is 17.8 Å². The summed E-state index contributed by atoms with van der Waals surface area (Å²) in [6.07, 6.45) is -0.794. The molecule has 0 bridgehead atoms. The van der Waals surface area contributed by atoms with E-state index in [9.17, 15) is 14.4 Å². The van der Waals surface area contributed by atoms with Gasteiger partial charge >= 0.3 is 11.9 Å². The van der Waals surface area contributed by atoms with Gasteiger partial charge in [0.1, 0.15) is 6.04 Å². The van der Waals surface area contributed by atoms with E-state index in [2.05, 4.69) is 14.8 Å². The van der Waals surface area contributed by atoms with E-state index in [-0.39, 0.29) is 12.8 Å². The van der Waals surface area contributed by atoms with Crippen LogP contribution in [0.2, 0.25) is 0 Å². The lowest BCUT2D eigenvalue weighted by Gasteiger charge is -2.20. The molecule has 1 unspecified atom stereocenters. The number of methoxy groups -OCH3 is 3. The Balaban J connectivity index is 2.78. The maximum atomic E-state index is 12.4. The van der Waals surface area contributed by atoms with Crippen LogP contribution in [0.5, 0.6) is 0 Å². The summed E-state index contributed by atoms with van der Waals surface area (Å²) in [5, 5.41) is 2.55. The van der Waals surface area contributed by atoms with E-state index < -0.39 is 30.0 Å². The van der Waals surface area contributed by atoms with Crippen molar-refractivity contribution in [3.8, 4) is 0 Å². The highest BCUT2D eigenvalue weighted by molar-refractivity contribution is 5.88. The number of esters is 2. The van der Waals surface area contributed by atoms with Gasteiger partial charge in [0.2, 0.25) is 0 Å². The molecule has 2 atom stereocenters. The number of rotatable bonds is 8. The molecule has 1 aromatic rings. The van der Waals surface area contributed by atoms with Gasteiger partial charge in [-0.3, -0.25) is 9.59 Å². The number of hydrogen-bond donors (Lipinski definition) is 1. The molecule has 1 rings (SSSR count). The van der Waals surface area contributed by atoms with Crippen LogP contribution in [0, 0.1) is 0 Å². The number of nitrogens with one attached hydrogen (secondary N) is 1.